The first-order chi connectivity index (χ1) is 11.8. The molecular formula is C18H36N2O4. The normalized spacial score (nSPS) is 15.8. The summed E-state index contributed by atoms with van der Waals surface area (Å²) >= 11 is 0. The van der Waals surface area contributed by atoms with Crippen molar-refractivity contribution in [2.24, 2.45) is 0 Å². The predicted octanol–water partition coefficient (Wildman–Crippen LogP) is 1.78. The van der Waals surface area contributed by atoms with Crippen LogP contribution in [0.5, 0.6) is 0 Å². The molecule has 1 amide bonds. The molecule has 0 unspecified atom stereocenters. The average molecular weight is 344 g/mol. The number of hydrogen-bond acceptors (Lipinski definition) is 5. The monoisotopic (exact) mass is 344 g/mol. The van der Waals surface area contributed by atoms with Crippen LogP contribution < -0.4 is 0 Å². The molecule has 0 radical (unpaired) electrons. The van der Waals surface area contributed by atoms with Crippen molar-refractivity contribution < 1.29 is 19.0 Å². The lowest BCUT2D eigenvalue weighted by Crippen LogP contribution is -2.49. The van der Waals surface area contributed by atoms with Crippen molar-refractivity contribution in [1.29, 1.82) is 0 Å². The highest BCUT2D eigenvalue weighted by Crippen LogP contribution is 2.05. The predicted molar refractivity (Wildman–Crippen MR) is 95.3 cm³/mol. The molecule has 6 heteroatoms. The highest BCUT2D eigenvalue weighted by atomic mass is 16.5. The zero-order chi connectivity index (χ0) is 17.5. The van der Waals surface area contributed by atoms with E-state index < -0.39 is 0 Å². The second-order valence-electron chi connectivity index (χ2n) is 6.16. The molecule has 0 aromatic heterocycles. The molecule has 0 aromatic carbocycles. The van der Waals surface area contributed by atoms with E-state index in [4.69, 9.17) is 14.2 Å². The minimum atomic E-state index is 0.207. The molecule has 6 nitrogen and oxygen atoms in total. The molecule has 1 aliphatic rings. The molecule has 0 atom stereocenters. The van der Waals surface area contributed by atoms with Gasteiger partial charge < -0.3 is 19.1 Å². The summed E-state index contributed by atoms with van der Waals surface area (Å²) in [5.74, 6) is 0.207. The zero-order valence-electron chi connectivity index (χ0n) is 15.6. The largest absolute Gasteiger partial charge is 0.379 e. The van der Waals surface area contributed by atoms with Crippen LogP contribution in [0.3, 0.4) is 0 Å². The molecule has 1 heterocycles. The molecule has 0 saturated carbocycles. The summed E-state index contributed by atoms with van der Waals surface area (Å²) in [5.41, 5.74) is 0. The lowest BCUT2D eigenvalue weighted by Gasteiger charge is -2.34. The summed E-state index contributed by atoms with van der Waals surface area (Å²) in [4.78, 5) is 16.5. The molecule has 0 bridgehead atoms. The lowest BCUT2D eigenvalue weighted by atomic mass is 10.2. The molecular weight excluding hydrogens is 308 g/mol. The van der Waals surface area contributed by atoms with E-state index in [0.717, 1.165) is 45.8 Å². The Morgan fingerprint density at radius 1 is 0.792 bits per heavy atom. The number of rotatable bonds is 14. The fraction of sp³-hybridized carbons (Fsp3) is 0.944. The van der Waals surface area contributed by atoms with Gasteiger partial charge in [-0.2, -0.15) is 0 Å². The molecule has 24 heavy (non-hydrogen) atoms. The van der Waals surface area contributed by atoms with E-state index in [1.54, 1.807) is 0 Å². The molecule has 1 fully saturated rings. The van der Waals surface area contributed by atoms with Crippen LogP contribution in [0.2, 0.25) is 0 Å². The maximum atomic E-state index is 12.1. The quantitative estimate of drug-likeness (QED) is 0.450. The summed E-state index contributed by atoms with van der Waals surface area (Å²) in [5, 5.41) is 0. The Morgan fingerprint density at radius 2 is 1.38 bits per heavy atom. The molecule has 0 aliphatic carbocycles. The minimum Gasteiger partial charge on any atom is -0.379 e. The standard InChI is InChI=1S/C18H36N2O4/c1-3-5-7-19-8-10-20(11-9-19)18(21)6-13-23-15-17-24-16-14-22-12-4-2/h3-17H2,1-2H3. The maximum absolute atomic E-state index is 12.1. The number of unbranched alkanes of at least 4 members (excludes halogenated alkanes) is 1. The van der Waals surface area contributed by atoms with Crippen molar-refractivity contribution >= 4 is 5.91 Å². The maximum Gasteiger partial charge on any atom is 0.224 e. The van der Waals surface area contributed by atoms with E-state index in [9.17, 15) is 4.79 Å². The molecule has 1 saturated heterocycles. The van der Waals surface area contributed by atoms with E-state index in [1.807, 2.05) is 4.90 Å². The smallest absolute Gasteiger partial charge is 0.224 e. The van der Waals surface area contributed by atoms with Gasteiger partial charge in [0.15, 0.2) is 0 Å². The number of carbonyl (C=O) groups excluding carboxylic acids is 1. The van der Waals surface area contributed by atoms with Crippen LogP contribution in [0, 0.1) is 0 Å². The third kappa shape index (κ3) is 10.2. The number of amides is 1. The van der Waals surface area contributed by atoms with Crippen LogP contribution in [-0.2, 0) is 19.0 Å². The van der Waals surface area contributed by atoms with Gasteiger partial charge in [0.05, 0.1) is 39.5 Å². The Bertz CT molecular complexity index is 307. The highest BCUT2D eigenvalue weighted by Gasteiger charge is 2.20. The highest BCUT2D eigenvalue weighted by molar-refractivity contribution is 5.76. The summed E-state index contributed by atoms with van der Waals surface area (Å²) in [6, 6.07) is 0. The zero-order valence-corrected chi connectivity index (χ0v) is 15.6. The van der Waals surface area contributed by atoms with E-state index in [0.29, 0.717) is 39.5 Å². The van der Waals surface area contributed by atoms with E-state index in [2.05, 4.69) is 18.7 Å². The van der Waals surface area contributed by atoms with Crippen molar-refractivity contribution in [3.8, 4) is 0 Å². The summed E-state index contributed by atoms with van der Waals surface area (Å²) in [7, 11) is 0. The first-order valence-corrected chi connectivity index (χ1v) is 9.51. The molecule has 0 spiro atoms. The number of ether oxygens (including phenoxy) is 3. The van der Waals surface area contributed by atoms with Crippen LogP contribution in [0.4, 0.5) is 0 Å². The van der Waals surface area contributed by atoms with Crippen LogP contribution in [-0.4, -0.2) is 88.1 Å². The van der Waals surface area contributed by atoms with E-state index >= 15 is 0 Å². The van der Waals surface area contributed by atoms with E-state index in [-0.39, 0.29) is 5.91 Å². The van der Waals surface area contributed by atoms with Crippen molar-refractivity contribution in [2.75, 3.05) is 72.4 Å². The molecule has 1 rings (SSSR count). The average Bonchev–Trinajstić information content (AvgIpc) is 2.61. The fourth-order valence-corrected chi connectivity index (χ4v) is 2.61. The Kier molecular flexibility index (Phi) is 13.0. The second kappa shape index (κ2) is 14.6. The first-order valence-electron chi connectivity index (χ1n) is 9.51. The van der Waals surface area contributed by atoms with Crippen LogP contribution in [0.25, 0.3) is 0 Å². The molecule has 0 N–H and O–H groups in total. The number of nitrogens with zero attached hydrogens (tertiary/aromatic N) is 2. The minimum absolute atomic E-state index is 0.207. The number of piperazine rings is 1. The number of hydrogen-bond donors (Lipinski definition) is 0. The number of carbonyl (C=O) groups is 1. The van der Waals surface area contributed by atoms with Crippen molar-refractivity contribution in [3.63, 3.8) is 0 Å². The van der Waals surface area contributed by atoms with Gasteiger partial charge in [-0.1, -0.05) is 20.3 Å². The second-order valence-corrected chi connectivity index (χ2v) is 6.16. The van der Waals surface area contributed by atoms with Crippen molar-refractivity contribution in [3.05, 3.63) is 0 Å². The SMILES string of the molecule is CCCCN1CCN(C(=O)CCOCCOCCOCCC)CC1. The Balaban J connectivity index is 1.92. The molecule has 0 aromatic rings. The van der Waals surface area contributed by atoms with Gasteiger partial charge in [-0.05, 0) is 19.4 Å². The van der Waals surface area contributed by atoms with Gasteiger partial charge in [0.2, 0.25) is 5.91 Å². The van der Waals surface area contributed by atoms with Gasteiger partial charge in [-0.3, -0.25) is 9.69 Å². The third-order valence-electron chi connectivity index (χ3n) is 4.11. The fourth-order valence-electron chi connectivity index (χ4n) is 2.61. The lowest BCUT2D eigenvalue weighted by molar-refractivity contribution is -0.134. The molecule has 142 valence electrons. The Morgan fingerprint density at radius 3 is 1.96 bits per heavy atom. The Hall–Kier alpha value is -0.690. The van der Waals surface area contributed by atoms with E-state index in [1.165, 1.54) is 12.8 Å². The Labute approximate surface area is 147 Å². The van der Waals surface area contributed by atoms with Gasteiger partial charge in [0, 0.05) is 32.8 Å². The van der Waals surface area contributed by atoms with Gasteiger partial charge in [-0.25, -0.2) is 0 Å². The van der Waals surface area contributed by atoms with Crippen LogP contribution in [0.15, 0.2) is 0 Å². The first kappa shape index (κ1) is 21.4. The van der Waals surface area contributed by atoms with Gasteiger partial charge in [-0.15, -0.1) is 0 Å². The summed E-state index contributed by atoms with van der Waals surface area (Å²) < 4.78 is 16.2. The summed E-state index contributed by atoms with van der Waals surface area (Å²) in [6.45, 7) is 12.7. The topological polar surface area (TPSA) is 51.2 Å². The third-order valence-corrected chi connectivity index (χ3v) is 4.11. The van der Waals surface area contributed by atoms with Crippen LogP contribution >= 0.6 is 0 Å². The van der Waals surface area contributed by atoms with Crippen molar-refractivity contribution in [2.45, 2.75) is 39.5 Å². The van der Waals surface area contributed by atoms with Gasteiger partial charge in [0.25, 0.3) is 0 Å². The summed E-state index contributed by atoms with van der Waals surface area (Å²) in [6.07, 6.45) is 3.97. The van der Waals surface area contributed by atoms with Gasteiger partial charge in [0.1, 0.15) is 0 Å². The van der Waals surface area contributed by atoms with Crippen LogP contribution in [0.1, 0.15) is 39.5 Å². The van der Waals surface area contributed by atoms with Gasteiger partial charge >= 0.3 is 0 Å². The van der Waals surface area contributed by atoms with Crippen molar-refractivity contribution in [1.82, 2.24) is 9.80 Å². The molecule has 1 aliphatic heterocycles.